The summed E-state index contributed by atoms with van der Waals surface area (Å²) in [6.45, 7) is 2.57. The molecule has 3 rings (SSSR count). The Morgan fingerprint density at radius 2 is 2.39 bits per heavy atom. The van der Waals surface area contributed by atoms with E-state index in [0.29, 0.717) is 18.3 Å². The molecule has 0 aliphatic carbocycles. The maximum atomic E-state index is 5.10. The first kappa shape index (κ1) is 11.2. The van der Waals surface area contributed by atoms with Crippen molar-refractivity contribution in [3.05, 3.63) is 41.6 Å². The number of imidazole rings is 1. The van der Waals surface area contributed by atoms with Gasteiger partial charge in [0.2, 0.25) is 5.89 Å². The van der Waals surface area contributed by atoms with Crippen molar-refractivity contribution in [3.8, 4) is 10.7 Å². The smallest absolute Gasteiger partial charge is 0.226 e. The van der Waals surface area contributed by atoms with Gasteiger partial charge in [-0.05, 0) is 11.4 Å². The molecule has 0 bridgehead atoms. The number of aromatic nitrogens is 4. The van der Waals surface area contributed by atoms with E-state index in [1.54, 1.807) is 17.5 Å². The van der Waals surface area contributed by atoms with E-state index in [-0.39, 0.29) is 0 Å². The molecule has 3 aromatic heterocycles. The molecule has 6 heteroatoms. The maximum absolute atomic E-state index is 5.10. The Morgan fingerprint density at radius 1 is 1.44 bits per heavy atom. The summed E-state index contributed by atoms with van der Waals surface area (Å²) < 4.78 is 7.12. The molecule has 0 atom stereocenters. The van der Waals surface area contributed by atoms with E-state index in [1.807, 2.05) is 29.1 Å². The van der Waals surface area contributed by atoms with Crippen LogP contribution < -0.4 is 0 Å². The Hall–Kier alpha value is -1.95. The first-order valence-corrected chi connectivity index (χ1v) is 6.61. The van der Waals surface area contributed by atoms with Gasteiger partial charge in [0.15, 0.2) is 5.82 Å². The highest BCUT2D eigenvalue weighted by Gasteiger charge is 2.10. The second kappa shape index (κ2) is 4.73. The summed E-state index contributed by atoms with van der Waals surface area (Å²) in [4.78, 5) is 9.81. The molecule has 0 unspecified atom stereocenters. The van der Waals surface area contributed by atoms with Crippen LogP contribution in [0.3, 0.4) is 0 Å². The molecule has 0 amide bonds. The molecular weight excluding hydrogens is 248 g/mol. The number of thiophene rings is 1. The molecule has 0 fully saturated rings. The van der Waals surface area contributed by atoms with Crippen LogP contribution >= 0.6 is 11.3 Å². The third-order valence-electron chi connectivity index (χ3n) is 2.58. The normalized spacial score (nSPS) is 10.9. The summed E-state index contributed by atoms with van der Waals surface area (Å²) in [5, 5.41) is 5.99. The van der Waals surface area contributed by atoms with Crippen LogP contribution in [0.15, 0.2) is 34.4 Å². The zero-order valence-corrected chi connectivity index (χ0v) is 10.7. The number of rotatable bonds is 4. The number of nitrogens with zero attached hydrogens (tertiary/aromatic N) is 4. The van der Waals surface area contributed by atoms with Gasteiger partial charge < -0.3 is 9.09 Å². The van der Waals surface area contributed by atoms with Crippen molar-refractivity contribution in [3.63, 3.8) is 0 Å². The molecule has 0 aromatic carbocycles. The Labute approximate surface area is 108 Å². The van der Waals surface area contributed by atoms with Gasteiger partial charge >= 0.3 is 0 Å². The fraction of sp³-hybridized carbons (Fsp3) is 0.250. The van der Waals surface area contributed by atoms with Crippen molar-refractivity contribution in [2.24, 2.45) is 0 Å². The van der Waals surface area contributed by atoms with Gasteiger partial charge in [-0.25, -0.2) is 4.98 Å². The fourth-order valence-electron chi connectivity index (χ4n) is 1.72. The average molecular weight is 260 g/mol. The van der Waals surface area contributed by atoms with E-state index in [9.17, 15) is 0 Å². The van der Waals surface area contributed by atoms with Crippen LogP contribution in [0.1, 0.15) is 18.6 Å². The molecular formula is C12H12N4OS. The van der Waals surface area contributed by atoms with Gasteiger partial charge in [0, 0.05) is 18.8 Å². The van der Waals surface area contributed by atoms with Crippen LogP contribution in [0.5, 0.6) is 0 Å². The van der Waals surface area contributed by atoms with Crippen LogP contribution in [-0.2, 0) is 13.0 Å². The van der Waals surface area contributed by atoms with Gasteiger partial charge in [0.05, 0.1) is 11.4 Å². The average Bonchev–Trinajstić information content (AvgIpc) is 3.09. The third-order valence-corrected chi connectivity index (χ3v) is 3.45. The van der Waals surface area contributed by atoms with E-state index < -0.39 is 0 Å². The molecule has 0 radical (unpaired) electrons. The molecule has 0 saturated carbocycles. The maximum Gasteiger partial charge on any atom is 0.226 e. The molecule has 5 nitrogen and oxygen atoms in total. The van der Waals surface area contributed by atoms with Crippen LogP contribution in [0.25, 0.3) is 10.7 Å². The summed E-state index contributed by atoms with van der Waals surface area (Å²) in [6, 6.07) is 4.07. The lowest BCUT2D eigenvalue weighted by Crippen LogP contribution is -2.02. The number of hydrogen-bond acceptors (Lipinski definition) is 5. The zero-order valence-electron chi connectivity index (χ0n) is 9.91. The van der Waals surface area contributed by atoms with E-state index in [4.69, 9.17) is 4.52 Å². The van der Waals surface area contributed by atoms with Crippen molar-refractivity contribution < 1.29 is 4.52 Å². The summed E-state index contributed by atoms with van der Waals surface area (Å²) in [7, 11) is 0. The van der Waals surface area contributed by atoms with E-state index >= 15 is 0 Å². The van der Waals surface area contributed by atoms with Crippen molar-refractivity contribution >= 4 is 11.3 Å². The fourth-order valence-corrected chi connectivity index (χ4v) is 2.45. The molecule has 0 aliphatic heterocycles. The minimum Gasteiger partial charge on any atom is -0.339 e. The van der Waals surface area contributed by atoms with E-state index in [0.717, 1.165) is 17.1 Å². The lowest BCUT2D eigenvalue weighted by molar-refractivity contribution is 0.375. The monoisotopic (exact) mass is 260 g/mol. The Bertz CT molecular complexity index is 626. The number of aryl methyl sites for hydroxylation is 1. The molecule has 3 heterocycles. The van der Waals surface area contributed by atoms with Gasteiger partial charge in [0.25, 0.3) is 0 Å². The van der Waals surface area contributed by atoms with Crippen LogP contribution in [0.4, 0.5) is 0 Å². The minimum atomic E-state index is 0.580. The van der Waals surface area contributed by atoms with Crippen molar-refractivity contribution in [1.82, 2.24) is 19.7 Å². The van der Waals surface area contributed by atoms with Crippen LogP contribution in [-0.4, -0.2) is 19.7 Å². The summed E-state index contributed by atoms with van der Waals surface area (Å²) in [5.41, 5.74) is 0. The Morgan fingerprint density at radius 3 is 3.11 bits per heavy atom. The van der Waals surface area contributed by atoms with E-state index in [1.165, 1.54) is 0 Å². The summed E-state index contributed by atoms with van der Waals surface area (Å²) in [5.74, 6) is 2.29. The van der Waals surface area contributed by atoms with Gasteiger partial charge in [-0.3, -0.25) is 0 Å². The minimum absolute atomic E-state index is 0.580. The van der Waals surface area contributed by atoms with E-state index in [2.05, 4.69) is 21.2 Å². The van der Waals surface area contributed by atoms with Gasteiger partial charge in [-0.1, -0.05) is 18.1 Å². The summed E-state index contributed by atoms with van der Waals surface area (Å²) >= 11 is 1.67. The molecule has 0 N–H and O–H groups in total. The number of hydrogen-bond donors (Lipinski definition) is 0. The quantitative estimate of drug-likeness (QED) is 0.723. The topological polar surface area (TPSA) is 56.7 Å². The predicted molar refractivity (Wildman–Crippen MR) is 68.3 cm³/mol. The standard InChI is InChI=1S/C12H12N4OS/c1-2-11-14-10(15-17-11)8-16-6-5-13-12(16)9-4-3-7-18-9/h3-7H,2,8H2,1H3. The Balaban J connectivity index is 1.87. The van der Waals surface area contributed by atoms with Crippen molar-refractivity contribution in [2.75, 3.05) is 0 Å². The lowest BCUT2D eigenvalue weighted by Gasteiger charge is -2.02. The van der Waals surface area contributed by atoms with Crippen LogP contribution in [0.2, 0.25) is 0 Å². The second-order valence-electron chi connectivity index (χ2n) is 3.81. The highest BCUT2D eigenvalue weighted by atomic mass is 32.1. The molecule has 18 heavy (non-hydrogen) atoms. The molecule has 92 valence electrons. The van der Waals surface area contributed by atoms with Crippen molar-refractivity contribution in [1.29, 1.82) is 0 Å². The molecule has 3 aromatic rings. The van der Waals surface area contributed by atoms with Gasteiger partial charge in [-0.15, -0.1) is 11.3 Å². The van der Waals surface area contributed by atoms with Gasteiger partial charge in [-0.2, -0.15) is 4.98 Å². The van der Waals surface area contributed by atoms with Crippen molar-refractivity contribution in [2.45, 2.75) is 19.9 Å². The molecule has 0 spiro atoms. The highest BCUT2D eigenvalue weighted by molar-refractivity contribution is 7.13. The SMILES string of the molecule is CCc1nc(Cn2ccnc2-c2cccs2)no1. The van der Waals surface area contributed by atoms with Gasteiger partial charge in [0.1, 0.15) is 5.82 Å². The zero-order chi connectivity index (χ0) is 12.4. The lowest BCUT2D eigenvalue weighted by atomic mass is 10.4. The molecule has 0 saturated heterocycles. The Kier molecular flexibility index (Phi) is 2.93. The highest BCUT2D eigenvalue weighted by Crippen LogP contribution is 2.23. The largest absolute Gasteiger partial charge is 0.339 e. The summed E-state index contributed by atoms with van der Waals surface area (Å²) in [6.07, 6.45) is 4.47. The van der Waals surface area contributed by atoms with Crippen LogP contribution in [0, 0.1) is 0 Å². The first-order valence-electron chi connectivity index (χ1n) is 5.73. The molecule has 0 aliphatic rings. The first-order chi connectivity index (χ1) is 8.86. The predicted octanol–water partition coefficient (Wildman–Crippen LogP) is 2.61. The third kappa shape index (κ3) is 2.06. The second-order valence-corrected chi connectivity index (χ2v) is 4.76.